The topological polar surface area (TPSA) is 25.8 Å². The summed E-state index contributed by atoms with van der Waals surface area (Å²) in [5.74, 6) is 0. The molecule has 0 saturated carbocycles. The summed E-state index contributed by atoms with van der Waals surface area (Å²) in [7, 11) is -1.80. The summed E-state index contributed by atoms with van der Waals surface area (Å²) in [4.78, 5) is 10.5. The lowest BCUT2D eigenvalue weighted by Crippen LogP contribution is -2.49. The number of hydrogen-bond acceptors (Lipinski definition) is 2. The molecule has 3 heterocycles. The quantitative estimate of drug-likeness (QED) is 0.136. The molecule has 10 aromatic rings. The van der Waals surface area contributed by atoms with Gasteiger partial charge < -0.3 is 0 Å². The van der Waals surface area contributed by atoms with Crippen LogP contribution in [0, 0.1) is 0 Å². The van der Waals surface area contributed by atoms with E-state index < -0.39 is 8.07 Å². The minimum Gasteiger partial charge on any atom is -0.245 e. The van der Waals surface area contributed by atoms with Crippen molar-refractivity contribution in [2.75, 3.05) is 0 Å². The number of hydrogen-bond donors (Lipinski definition) is 0. The van der Waals surface area contributed by atoms with Crippen molar-refractivity contribution in [2.45, 2.75) is 13.1 Å². The molecular formula is C50H34N2Si. The number of fused-ring (bicyclic) bond motifs is 11. The van der Waals surface area contributed by atoms with Crippen LogP contribution < -0.4 is 10.4 Å². The first-order valence-electron chi connectivity index (χ1n) is 18.4. The first-order valence-corrected chi connectivity index (χ1v) is 21.4. The molecule has 0 spiro atoms. The Morgan fingerprint density at radius 3 is 1.68 bits per heavy atom. The first kappa shape index (κ1) is 30.2. The van der Waals surface area contributed by atoms with Gasteiger partial charge in [0, 0.05) is 21.9 Å². The van der Waals surface area contributed by atoms with Crippen molar-refractivity contribution in [3.63, 3.8) is 0 Å². The van der Waals surface area contributed by atoms with E-state index in [-0.39, 0.29) is 0 Å². The fraction of sp³-hybridized carbons (Fsp3) is 0.0400. The SMILES string of the molecule is C[Si]1(C)c2ccccc2-c2c1ccc1cc(-c3ccc(-c4ccc5ccc6ccc(-c7ccccc7)nc6c5n4)c4ccccc34)c3ccccc3c21. The molecule has 0 fully saturated rings. The lowest BCUT2D eigenvalue weighted by molar-refractivity contribution is 1.37. The standard InChI is InChI=1S/C50H34N2Si/c1-53(2)45-19-11-10-18-41(45)48-46(53)29-24-34-30-42(37-16-8-9-17-40(37)47(34)48)38-25-26-39(36-15-7-6-14-35(36)38)44-28-23-33-21-20-32-22-27-43(31-12-4-3-5-13-31)51-49(32)50(33)52-44/h3-30H,1-2H3. The molecule has 53 heavy (non-hydrogen) atoms. The normalized spacial score (nSPS) is 13.2. The van der Waals surface area contributed by atoms with Crippen LogP contribution >= 0.6 is 0 Å². The van der Waals surface area contributed by atoms with Crippen molar-refractivity contribution in [1.29, 1.82) is 0 Å². The van der Waals surface area contributed by atoms with Crippen molar-refractivity contribution in [1.82, 2.24) is 9.97 Å². The van der Waals surface area contributed by atoms with Gasteiger partial charge in [-0.1, -0.05) is 165 Å². The Labute approximate surface area is 309 Å². The smallest absolute Gasteiger partial charge is 0.113 e. The highest BCUT2D eigenvalue weighted by Crippen LogP contribution is 2.44. The average Bonchev–Trinajstić information content (AvgIpc) is 3.45. The van der Waals surface area contributed by atoms with E-state index in [1.165, 1.54) is 54.6 Å². The van der Waals surface area contributed by atoms with Crippen molar-refractivity contribution < 1.29 is 0 Å². The van der Waals surface area contributed by atoms with Gasteiger partial charge >= 0.3 is 0 Å². The van der Waals surface area contributed by atoms with E-state index in [9.17, 15) is 0 Å². The highest BCUT2D eigenvalue weighted by atomic mass is 28.3. The van der Waals surface area contributed by atoms with Gasteiger partial charge in [0.05, 0.1) is 22.4 Å². The Balaban J connectivity index is 1.12. The van der Waals surface area contributed by atoms with E-state index in [0.29, 0.717) is 0 Å². The fourth-order valence-corrected chi connectivity index (χ4v) is 12.1. The third-order valence-electron chi connectivity index (χ3n) is 11.6. The van der Waals surface area contributed by atoms with Crippen LogP contribution in [0.5, 0.6) is 0 Å². The summed E-state index contributed by atoms with van der Waals surface area (Å²) in [5, 5.41) is 12.9. The van der Waals surface area contributed by atoms with Crippen LogP contribution in [0.1, 0.15) is 0 Å². The molecular weight excluding hydrogens is 657 g/mol. The van der Waals surface area contributed by atoms with Gasteiger partial charge in [-0.3, -0.25) is 0 Å². The predicted octanol–water partition coefficient (Wildman–Crippen LogP) is 12.0. The molecule has 0 N–H and O–H groups in total. The molecule has 2 aromatic heterocycles. The number of aromatic nitrogens is 2. The monoisotopic (exact) mass is 690 g/mol. The summed E-state index contributed by atoms with van der Waals surface area (Å²) in [6, 6.07) is 62.1. The van der Waals surface area contributed by atoms with E-state index in [1.54, 1.807) is 10.4 Å². The maximum absolute atomic E-state index is 5.36. The summed E-state index contributed by atoms with van der Waals surface area (Å²) in [5.41, 5.74) is 11.3. The minimum absolute atomic E-state index is 0.923. The van der Waals surface area contributed by atoms with Crippen molar-refractivity contribution >= 4 is 72.6 Å². The average molecular weight is 691 g/mol. The van der Waals surface area contributed by atoms with Crippen molar-refractivity contribution in [3.05, 3.63) is 170 Å². The van der Waals surface area contributed by atoms with E-state index in [0.717, 1.165) is 44.3 Å². The zero-order valence-corrected chi connectivity index (χ0v) is 30.6. The summed E-state index contributed by atoms with van der Waals surface area (Å²) in [6.07, 6.45) is 0. The van der Waals surface area contributed by atoms with Crippen LogP contribution in [0.2, 0.25) is 13.1 Å². The first-order chi connectivity index (χ1) is 26.0. The largest absolute Gasteiger partial charge is 0.245 e. The van der Waals surface area contributed by atoms with E-state index >= 15 is 0 Å². The molecule has 0 bridgehead atoms. The van der Waals surface area contributed by atoms with Crippen LogP contribution in [-0.4, -0.2) is 18.0 Å². The molecule has 0 saturated heterocycles. The zero-order valence-electron chi connectivity index (χ0n) is 29.6. The molecule has 1 aliphatic rings. The Hall–Kier alpha value is -6.42. The maximum atomic E-state index is 5.36. The number of nitrogens with zero attached hydrogens (tertiary/aromatic N) is 2. The van der Waals surface area contributed by atoms with E-state index in [2.05, 4.69) is 177 Å². The van der Waals surface area contributed by atoms with Gasteiger partial charge in [-0.05, 0) is 83.1 Å². The van der Waals surface area contributed by atoms with Gasteiger partial charge in [0.2, 0.25) is 0 Å². The molecule has 248 valence electrons. The molecule has 2 nitrogen and oxygen atoms in total. The summed E-state index contributed by atoms with van der Waals surface area (Å²) < 4.78 is 0. The lowest BCUT2D eigenvalue weighted by Gasteiger charge is -2.20. The zero-order chi connectivity index (χ0) is 35.3. The van der Waals surface area contributed by atoms with Gasteiger partial charge in [0.1, 0.15) is 8.07 Å². The van der Waals surface area contributed by atoms with Crippen LogP contribution in [-0.2, 0) is 0 Å². The van der Waals surface area contributed by atoms with Gasteiger partial charge in [-0.2, -0.15) is 0 Å². The van der Waals surface area contributed by atoms with Gasteiger partial charge in [0.25, 0.3) is 0 Å². The van der Waals surface area contributed by atoms with Gasteiger partial charge in [-0.15, -0.1) is 0 Å². The number of pyridine rings is 2. The summed E-state index contributed by atoms with van der Waals surface area (Å²) in [6.45, 7) is 5.00. The number of rotatable bonds is 3. The molecule has 8 aromatic carbocycles. The fourth-order valence-electron chi connectivity index (χ4n) is 9.06. The molecule has 0 atom stereocenters. The molecule has 0 unspecified atom stereocenters. The Bertz CT molecular complexity index is 3140. The molecule has 0 radical (unpaired) electrons. The van der Waals surface area contributed by atoms with Crippen molar-refractivity contribution in [2.24, 2.45) is 0 Å². The highest BCUT2D eigenvalue weighted by molar-refractivity contribution is 7.04. The maximum Gasteiger partial charge on any atom is 0.113 e. The molecule has 1 aliphatic heterocycles. The third kappa shape index (κ3) is 4.44. The Morgan fingerprint density at radius 2 is 0.925 bits per heavy atom. The van der Waals surface area contributed by atoms with Crippen LogP contribution in [0.3, 0.4) is 0 Å². The molecule has 3 heteroatoms. The molecule has 0 aliphatic carbocycles. The highest BCUT2D eigenvalue weighted by Gasteiger charge is 2.38. The van der Waals surface area contributed by atoms with Gasteiger partial charge in [0.15, 0.2) is 0 Å². The predicted molar refractivity (Wildman–Crippen MR) is 228 cm³/mol. The second-order valence-corrected chi connectivity index (χ2v) is 19.2. The second-order valence-electron chi connectivity index (χ2n) is 14.9. The van der Waals surface area contributed by atoms with Gasteiger partial charge in [-0.25, -0.2) is 9.97 Å². The second kappa shape index (κ2) is 11.3. The Morgan fingerprint density at radius 1 is 0.377 bits per heavy atom. The third-order valence-corrected chi connectivity index (χ3v) is 15.2. The molecule has 11 rings (SSSR count). The Kier molecular flexibility index (Phi) is 6.44. The molecule has 0 amide bonds. The van der Waals surface area contributed by atoms with E-state index in [4.69, 9.17) is 9.97 Å². The van der Waals surface area contributed by atoms with Crippen LogP contribution in [0.4, 0.5) is 0 Å². The number of benzene rings is 8. The summed E-state index contributed by atoms with van der Waals surface area (Å²) >= 11 is 0. The minimum atomic E-state index is -1.80. The van der Waals surface area contributed by atoms with Crippen molar-refractivity contribution in [3.8, 4) is 44.8 Å². The van der Waals surface area contributed by atoms with Crippen LogP contribution in [0.25, 0.3) is 98.9 Å². The lowest BCUT2D eigenvalue weighted by atomic mass is 9.87. The van der Waals surface area contributed by atoms with E-state index in [1.807, 2.05) is 6.07 Å². The van der Waals surface area contributed by atoms with Crippen LogP contribution in [0.15, 0.2) is 170 Å².